The van der Waals surface area contributed by atoms with E-state index < -0.39 is 0 Å². The quantitative estimate of drug-likeness (QED) is 0.791. The lowest BCUT2D eigenvalue weighted by molar-refractivity contribution is -0.0585. The molecule has 0 aliphatic carbocycles. The number of ether oxygens (including phenoxy) is 1. The highest BCUT2D eigenvalue weighted by atomic mass is 32.1. The molecular weight excluding hydrogens is 326 g/mol. The summed E-state index contributed by atoms with van der Waals surface area (Å²) in [5.74, 6) is 0.837. The number of aromatic nitrogens is 2. The topological polar surface area (TPSA) is 64.4 Å². The SMILES string of the molecule is Cc1c(C(=O)N2CC(C)OC(C)C2)sc2nc3n(c(=O)c12)CCC3. The lowest BCUT2D eigenvalue weighted by Crippen LogP contribution is -2.48. The zero-order chi connectivity index (χ0) is 17.0. The second kappa shape index (κ2) is 5.67. The molecule has 2 aromatic rings. The Kier molecular flexibility index (Phi) is 3.73. The summed E-state index contributed by atoms with van der Waals surface area (Å²) < 4.78 is 7.47. The summed E-state index contributed by atoms with van der Waals surface area (Å²) in [6, 6.07) is 0. The van der Waals surface area contributed by atoms with E-state index in [1.54, 1.807) is 4.57 Å². The molecule has 1 saturated heterocycles. The summed E-state index contributed by atoms with van der Waals surface area (Å²) in [7, 11) is 0. The molecule has 0 N–H and O–H groups in total. The van der Waals surface area contributed by atoms with Gasteiger partial charge in [-0.1, -0.05) is 0 Å². The van der Waals surface area contributed by atoms with Crippen molar-refractivity contribution >= 4 is 27.5 Å². The molecule has 2 aliphatic rings. The Balaban J connectivity index is 1.78. The van der Waals surface area contributed by atoms with Crippen molar-refractivity contribution < 1.29 is 9.53 Å². The molecule has 24 heavy (non-hydrogen) atoms. The number of amides is 1. The van der Waals surface area contributed by atoms with E-state index >= 15 is 0 Å². The summed E-state index contributed by atoms with van der Waals surface area (Å²) in [4.78, 5) is 33.5. The predicted molar refractivity (Wildman–Crippen MR) is 92.9 cm³/mol. The second-order valence-corrected chi connectivity index (χ2v) is 7.79. The maximum absolute atomic E-state index is 13.0. The van der Waals surface area contributed by atoms with E-state index in [0.29, 0.717) is 28.2 Å². The summed E-state index contributed by atoms with van der Waals surface area (Å²) in [6.07, 6.45) is 1.86. The van der Waals surface area contributed by atoms with Crippen molar-refractivity contribution in [2.45, 2.75) is 52.4 Å². The fraction of sp³-hybridized carbons (Fsp3) is 0.588. The minimum atomic E-state index is -0.0120. The summed E-state index contributed by atoms with van der Waals surface area (Å²) >= 11 is 1.35. The van der Waals surface area contributed by atoms with Crippen molar-refractivity contribution in [1.82, 2.24) is 14.5 Å². The van der Waals surface area contributed by atoms with Gasteiger partial charge in [0.25, 0.3) is 11.5 Å². The second-order valence-electron chi connectivity index (χ2n) is 6.79. The van der Waals surface area contributed by atoms with Crippen LogP contribution in [0.25, 0.3) is 10.2 Å². The van der Waals surface area contributed by atoms with Crippen molar-refractivity contribution in [2.24, 2.45) is 0 Å². The Hall–Kier alpha value is -1.73. The first-order valence-corrected chi connectivity index (χ1v) is 9.25. The number of morpholine rings is 1. The Morgan fingerprint density at radius 2 is 2.00 bits per heavy atom. The minimum Gasteiger partial charge on any atom is -0.372 e. The molecule has 4 rings (SSSR count). The van der Waals surface area contributed by atoms with Gasteiger partial charge in [0.05, 0.1) is 22.5 Å². The maximum atomic E-state index is 13.0. The van der Waals surface area contributed by atoms with E-state index in [1.165, 1.54) is 11.3 Å². The van der Waals surface area contributed by atoms with Gasteiger partial charge in [-0.2, -0.15) is 0 Å². The molecule has 1 fully saturated rings. The Bertz CT molecular complexity index is 875. The first kappa shape index (κ1) is 15.8. The van der Waals surface area contributed by atoms with E-state index in [4.69, 9.17) is 4.74 Å². The van der Waals surface area contributed by atoms with Crippen LogP contribution in [0.4, 0.5) is 0 Å². The molecule has 2 atom stereocenters. The zero-order valence-corrected chi connectivity index (χ0v) is 15.0. The molecule has 128 valence electrons. The molecular formula is C17H21N3O3S. The summed E-state index contributed by atoms with van der Waals surface area (Å²) in [5.41, 5.74) is 0.774. The standard InChI is InChI=1S/C17H21N3O3S/c1-9-7-19(8-10(2)23-9)17(22)14-11(3)13-15(24-14)18-12-5-4-6-20(12)16(13)21/h9-10H,4-8H2,1-3H3. The van der Waals surface area contributed by atoms with Crippen molar-refractivity contribution in [3.8, 4) is 0 Å². The van der Waals surface area contributed by atoms with E-state index in [-0.39, 0.29) is 23.7 Å². The Morgan fingerprint density at radius 1 is 1.29 bits per heavy atom. The molecule has 4 heterocycles. The van der Waals surface area contributed by atoms with Gasteiger partial charge in [0.1, 0.15) is 10.7 Å². The van der Waals surface area contributed by atoms with Gasteiger partial charge in [-0.05, 0) is 32.8 Å². The van der Waals surface area contributed by atoms with Gasteiger partial charge in [-0.25, -0.2) is 4.98 Å². The van der Waals surface area contributed by atoms with Crippen LogP contribution >= 0.6 is 11.3 Å². The third-order valence-electron chi connectivity index (χ3n) is 4.81. The molecule has 0 bridgehead atoms. The lowest BCUT2D eigenvalue weighted by atomic mass is 10.1. The van der Waals surface area contributed by atoms with E-state index in [2.05, 4.69) is 4.98 Å². The van der Waals surface area contributed by atoms with Crippen molar-refractivity contribution in [2.75, 3.05) is 13.1 Å². The zero-order valence-electron chi connectivity index (χ0n) is 14.2. The number of aryl methyl sites for hydroxylation is 2. The first-order valence-electron chi connectivity index (χ1n) is 8.43. The number of fused-ring (bicyclic) bond motifs is 2. The number of carbonyl (C=O) groups excluding carboxylic acids is 1. The predicted octanol–water partition coefficient (Wildman–Crippen LogP) is 1.96. The van der Waals surface area contributed by atoms with Crippen molar-refractivity contribution in [3.63, 3.8) is 0 Å². The van der Waals surface area contributed by atoms with Crippen LogP contribution in [-0.4, -0.2) is 45.7 Å². The molecule has 7 heteroatoms. The highest BCUT2D eigenvalue weighted by Crippen LogP contribution is 2.30. The smallest absolute Gasteiger partial charge is 0.264 e. The molecule has 0 spiro atoms. The number of nitrogens with zero attached hydrogens (tertiary/aromatic N) is 3. The monoisotopic (exact) mass is 347 g/mol. The van der Waals surface area contributed by atoms with Crippen LogP contribution in [0.15, 0.2) is 4.79 Å². The van der Waals surface area contributed by atoms with Gasteiger partial charge >= 0.3 is 0 Å². The molecule has 6 nitrogen and oxygen atoms in total. The van der Waals surface area contributed by atoms with Gasteiger partial charge in [-0.15, -0.1) is 11.3 Å². The van der Waals surface area contributed by atoms with Crippen LogP contribution in [0.3, 0.4) is 0 Å². The third kappa shape index (κ3) is 2.38. The number of hydrogen-bond acceptors (Lipinski definition) is 5. The number of hydrogen-bond donors (Lipinski definition) is 0. The van der Waals surface area contributed by atoms with Gasteiger partial charge in [-0.3, -0.25) is 14.2 Å². The molecule has 2 unspecified atom stereocenters. The molecule has 2 aromatic heterocycles. The number of carbonyl (C=O) groups is 1. The molecule has 0 radical (unpaired) electrons. The molecule has 0 saturated carbocycles. The van der Waals surface area contributed by atoms with Gasteiger partial charge in [0.2, 0.25) is 0 Å². The van der Waals surface area contributed by atoms with Crippen LogP contribution in [0.5, 0.6) is 0 Å². The highest BCUT2D eigenvalue weighted by molar-refractivity contribution is 7.20. The fourth-order valence-electron chi connectivity index (χ4n) is 3.77. The third-order valence-corrected chi connectivity index (χ3v) is 5.99. The Labute approximate surface area is 144 Å². The van der Waals surface area contributed by atoms with Crippen LogP contribution in [0, 0.1) is 6.92 Å². The first-order chi connectivity index (χ1) is 11.5. The van der Waals surface area contributed by atoms with Crippen molar-refractivity contribution in [1.29, 1.82) is 0 Å². The molecule has 0 aromatic carbocycles. The maximum Gasteiger partial charge on any atom is 0.264 e. The van der Waals surface area contributed by atoms with E-state index in [1.807, 2.05) is 25.7 Å². The molecule has 1 amide bonds. The van der Waals surface area contributed by atoms with Crippen LogP contribution in [0.1, 0.15) is 41.3 Å². The normalized spacial score (nSPS) is 23.7. The van der Waals surface area contributed by atoms with Crippen LogP contribution in [-0.2, 0) is 17.7 Å². The lowest BCUT2D eigenvalue weighted by Gasteiger charge is -2.35. The van der Waals surface area contributed by atoms with Crippen LogP contribution in [0.2, 0.25) is 0 Å². The largest absolute Gasteiger partial charge is 0.372 e. The molecule has 2 aliphatic heterocycles. The average Bonchev–Trinajstić information content (AvgIpc) is 3.11. The van der Waals surface area contributed by atoms with E-state index in [0.717, 1.165) is 30.8 Å². The Morgan fingerprint density at radius 3 is 2.71 bits per heavy atom. The van der Waals surface area contributed by atoms with E-state index in [9.17, 15) is 9.59 Å². The van der Waals surface area contributed by atoms with Gasteiger partial charge < -0.3 is 9.64 Å². The number of rotatable bonds is 1. The van der Waals surface area contributed by atoms with Gasteiger partial charge in [0.15, 0.2) is 0 Å². The number of thiophene rings is 1. The fourth-order valence-corrected chi connectivity index (χ4v) is 4.93. The summed E-state index contributed by atoms with van der Waals surface area (Å²) in [5, 5.41) is 0.614. The van der Waals surface area contributed by atoms with Crippen LogP contribution < -0.4 is 5.56 Å². The summed E-state index contributed by atoms with van der Waals surface area (Å²) in [6.45, 7) is 7.72. The average molecular weight is 347 g/mol. The highest BCUT2D eigenvalue weighted by Gasteiger charge is 2.30. The van der Waals surface area contributed by atoms with Crippen molar-refractivity contribution in [3.05, 3.63) is 26.6 Å². The van der Waals surface area contributed by atoms with Gasteiger partial charge in [0, 0.05) is 26.1 Å². The minimum absolute atomic E-state index is 0.00372.